The molecule has 0 aromatic heterocycles. The van der Waals surface area contributed by atoms with Gasteiger partial charge >= 0.3 is 13.1 Å². The monoisotopic (exact) mass is 284 g/mol. The summed E-state index contributed by atoms with van der Waals surface area (Å²) in [5, 5.41) is 26.9. The Morgan fingerprint density at radius 2 is 1.95 bits per heavy atom. The number of carboxylic acid groups (broad SMARTS) is 1. The molecule has 5 N–H and O–H groups in total. The van der Waals surface area contributed by atoms with Crippen LogP contribution in [0.5, 0.6) is 0 Å². The number of carbonyl (C=O) groups excluding carboxylic acids is 1. The van der Waals surface area contributed by atoms with Crippen LogP contribution in [0.4, 0.5) is 0 Å². The van der Waals surface area contributed by atoms with Crippen molar-refractivity contribution >= 4 is 19.0 Å². The first-order chi connectivity index (χ1) is 9.33. The van der Waals surface area contributed by atoms with E-state index in [0.29, 0.717) is 32.2 Å². The van der Waals surface area contributed by atoms with Crippen molar-refractivity contribution in [1.82, 2.24) is 4.90 Å². The van der Waals surface area contributed by atoms with Crippen molar-refractivity contribution in [2.45, 2.75) is 37.5 Å². The largest absolute Gasteiger partial charge is 0.481 e. The van der Waals surface area contributed by atoms with Crippen LogP contribution in [-0.4, -0.2) is 57.7 Å². The van der Waals surface area contributed by atoms with Crippen molar-refractivity contribution in [2.24, 2.45) is 17.6 Å². The molecule has 0 spiro atoms. The van der Waals surface area contributed by atoms with E-state index in [2.05, 4.69) is 0 Å². The number of hydrogen-bond acceptors (Lipinski definition) is 5. The van der Waals surface area contributed by atoms with E-state index in [1.54, 1.807) is 4.90 Å². The molecule has 1 saturated heterocycles. The van der Waals surface area contributed by atoms with E-state index in [-0.39, 0.29) is 24.7 Å². The highest BCUT2D eigenvalue weighted by Crippen LogP contribution is 2.37. The van der Waals surface area contributed by atoms with Crippen LogP contribution in [0.15, 0.2) is 0 Å². The average Bonchev–Trinajstić information content (AvgIpc) is 2.97. The fourth-order valence-corrected chi connectivity index (χ4v) is 2.84. The van der Waals surface area contributed by atoms with Crippen LogP contribution in [0.25, 0.3) is 0 Å². The number of hydrogen-bond donors (Lipinski definition) is 4. The van der Waals surface area contributed by atoms with E-state index in [4.69, 9.17) is 15.8 Å². The summed E-state index contributed by atoms with van der Waals surface area (Å²) in [7, 11) is -1.36. The molecule has 1 aliphatic carbocycles. The second-order valence-corrected chi connectivity index (χ2v) is 5.98. The van der Waals surface area contributed by atoms with Crippen molar-refractivity contribution in [1.29, 1.82) is 0 Å². The molecule has 1 aliphatic heterocycles. The second-order valence-electron chi connectivity index (χ2n) is 5.98. The van der Waals surface area contributed by atoms with Gasteiger partial charge in [-0.2, -0.15) is 0 Å². The average molecular weight is 284 g/mol. The molecule has 8 heteroatoms. The van der Waals surface area contributed by atoms with Gasteiger partial charge in [0.1, 0.15) is 0 Å². The van der Waals surface area contributed by atoms with Crippen molar-refractivity contribution < 1.29 is 24.7 Å². The number of likely N-dealkylation sites (tertiary alicyclic amines) is 1. The van der Waals surface area contributed by atoms with Gasteiger partial charge in [0, 0.05) is 13.1 Å². The number of carboxylic acids is 1. The first-order valence-corrected chi connectivity index (χ1v) is 7.01. The van der Waals surface area contributed by atoms with E-state index in [1.165, 1.54) is 0 Å². The minimum absolute atomic E-state index is 0.141. The van der Waals surface area contributed by atoms with Crippen LogP contribution in [-0.2, 0) is 9.59 Å². The zero-order valence-electron chi connectivity index (χ0n) is 11.4. The number of aliphatic carboxylic acids is 1. The molecule has 112 valence electrons. The van der Waals surface area contributed by atoms with Crippen molar-refractivity contribution in [3.05, 3.63) is 0 Å². The lowest BCUT2D eigenvalue weighted by Gasteiger charge is -2.20. The van der Waals surface area contributed by atoms with Gasteiger partial charge < -0.3 is 25.8 Å². The van der Waals surface area contributed by atoms with Crippen LogP contribution >= 0.6 is 0 Å². The summed E-state index contributed by atoms with van der Waals surface area (Å²) in [6.45, 7) is 0.607. The number of rotatable bonds is 6. The van der Waals surface area contributed by atoms with Crippen molar-refractivity contribution in [2.75, 3.05) is 13.1 Å². The quantitative estimate of drug-likeness (QED) is 0.458. The third kappa shape index (κ3) is 3.31. The van der Waals surface area contributed by atoms with Gasteiger partial charge in [-0.1, -0.05) is 6.42 Å². The fourth-order valence-electron chi connectivity index (χ4n) is 2.84. The predicted octanol–water partition coefficient (Wildman–Crippen LogP) is -1.11. The normalized spacial score (nSPS) is 27.4. The van der Waals surface area contributed by atoms with E-state index in [9.17, 15) is 14.7 Å². The first kappa shape index (κ1) is 15.3. The standard InChI is InChI=1S/C12H21BN2O5/c14-12(3-4-12)11(18)15-6-8(2-1-5-13(19)20)9(7-15)10(16)17/h8-9,19-20H,1-7,14H2,(H,16,17). The topological polar surface area (TPSA) is 124 Å². The molecule has 0 bridgehead atoms. The zero-order chi connectivity index (χ0) is 14.9. The highest BCUT2D eigenvalue weighted by atomic mass is 16.4. The summed E-state index contributed by atoms with van der Waals surface area (Å²) >= 11 is 0. The molecule has 0 aromatic carbocycles. The van der Waals surface area contributed by atoms with Crippen LogP contribution < -0.4 is 5.73 Å². The molecule has 0 aromatic rings. The first-order valence-electron chi connectivity index (χ1n) is 7.01. The summed E-state index contributed by atoms with van der Waals surface area (Å²) in [5.41, 5.74) is 5.11. The van der Waals surface area contributed by atoms with Crippen LogP contribution in [0.2, 0.25) is 6.32 Å². The third-order valence-corrected chi connectivity index (χ3v) is 4.30. The smallest absolute Gasteiger partial charge is 0.451 e. The summed E-state index contributed by atoms with van der Waals surface area (Å²) < 4.78 is 0. The number of carbonyl (C=O) groups is 2. The van der Waals surface area contributed by atoms with Gasteiger partial charge in [-0.25, -0.2) is 0 Å². The predicted molar refractivity (Wildman–Crippen MR) is 71.6 cm³/mol. The maximum absolute atomic E-state index is 12.2. The summed E-state index contributed by atoms with van der Waals surface area (Å²) in [6, 6.07) is 0. The van der Waals surface area contributed by atoms with Crippen molar-refractivity contribution in [3.63, 3.8) is 0 Å². The van der Waals surface area contributed by atoms with E-state index in [1.807, 2.05) is 0 Å². The van der Waals surface area contributed by atoms with Crippen molar-refractivity contribution in [3.8, 4) is 0 Å². The Kier molecular flexibility index (Phi) is 4.36. The van der Waals surface area contributed by atoms with Gasteiger partial charge in [0.05, 0.1) is 11.5 Å². The van der Waals surface area contributed by atoms with Gasteiger partial charge in [-0.15, -0.1) is 0 Å². The van der Waals surface area contributed by atoms with Gasteiger partial charge in [-0.3, -0.25) is 9.59 Å². The van der Waals surface area contributed by atoms with Crippen LogP contribution in [0, 0.1) is 11.8 Å². The highest BCUT2D eigenvalue weighted by Gasteiger charge is 2.51. The summed E-state index contributed by atoms with van der Waals surface area (Å²) in [6.07, 6.45) is 2.65. The highest BCUT2D eigenvalue weighted by molar-refractivity contribution is 6.40. The molecular weight excluding hydrogens is 263 g/mol. The second kappa shape index (κ2) is 5.71. The Balaban J connectivity index is 1.92. The number of nitrogens with zero attached hydrogens (tertiary/aromatic N) is 1. The molecule has 0 radical (unpaired) electrons. The van der Waals surface area contributed by atoms with Crippen LogP contribution in [0.1, 0.15) is 25.7 Å². The molecule has 2 fully saturated rings. The van der Waals surface area contributed by atoms with Gasteiger partial charge in [0.2, 0.25) is 5.91 Å². The summed E-state index contributed by atoms with van der Waals surface area (Å²) in [4.78, 5) is 25.0. The van der Waals surface area contributed by atoms with E-state index in [0.717, 1.165) is 0 Å². The minimum atomic E-state index is -1.36. The van der Waals surface area contributed by atoms with Gasteiger partial charge in [0.25, 0.3) is 0 Å². The molecule has 2 unspecified atom stereocenters. The lowest BCUT2D eigenvalue weighted by atomic mass is 9.80. The molecule has 1 amide bonds. The van der Waals surface area contributed by atoms with E-state index < -0.39 is 24.5 Å². The molecule has 1 heterocycles. The zero-order valence-corrected chi connectivity index (χ0v) is 11.4. The maximum atomic E-state index is 12.2. The number of amides is 1. The minimum Gasteiger partial charge on any atom is -0.481 e. The van der Waals surface area contributed by atoms with E-state index >= 15 is 0 Å². The molecule has 2 atom stereocenters. The fraction of sp³-hybridized carbons (Fsp3) is 0.833. The Morgan fingerprint density at radius 3 is 2.45 bits per heavy atom. The summed E-state index contributed by atoms with van der Waals surface area (Å²) in [5.74, 6) is -1.78. The third-order valence-electron chi connectivity index (χ3n) is 4.30. The lowest BCUT2D eigenvalue weighted by molar-refractivity contribution is -0.142. The number of nitrogens with two attached hydrogens (primary N) is 1. The molecule has 1 saturated carbocycles. The van der Waals surface area contributed by atoms with Crippen LogP contribution in [0.3, 0.4) is 0 Å². The molecule has 7 nitrogen and oxygen atoms in total. The Hall–Kier alpha value is -1.12. The van der Waals surface area contributed by atoms with Gasteiger partial charge in [0.15, 0.2) is 0 Å². The molecule has 20 heavy (non-hydrogen) atoms. The maximum Gasteiger partial charge on any atom is 0.451 e. The Bertz CT molecular complexity index is 399. The Morgan fingerprint density at radius 1 is 1.30 bits per heavy atom. The molecule has 2 rings (SSSR count). The molecular formula is C12H21BN2O5. The van der Waals surface area contributed by atoms with Gasteiger partial charge in [-0.05, 0) is 31.5 Å². The Labute approximate surface area is 117 Å². The SMILES string of the molecule is NC1(C(=O)N2CC(CCCB(O)O)C(C(=O)O)C2)CC1. The lowest BCUT2D eigenvalue weighted by Crippen LogP contribution is -2.45. The molecule has 2 aliphatic rings.